The van der Waals surface area contributed by atoms with Crippen molar-refractivity contribution >= 4 is 21.6 Å². The summed E-state index contributed by atoms with van der Waals surface area (Å²) in [6.07, 6.45) is 1.45. The first-order valence-corrected chi connectivity index (χ1v) is 10.9. The molecule has 2 aliphatic rings. The molecule has 2 N–H and O–H groups in total. The number of hydrogen-bond donors (Lipinski definition) is 1. The molecule has 0 saturated carbocycles. The number of anilines is 1. The van der Waals surface area contributed by atoms with E-state index in [0.717, 1.165) is 12.1 Å². The first-order valence-electron chi connectivity index (χ1n) is 9.32. The third kappa shape index (κ3) is 4.41. The van der Waals surface area contributed by atoms with Crippen molar-refractivity contribution in [3.8, 4) is 0 Å². The predicted molar refractivity (Wildman–Crippen MR) is 102 cm³/mol. The van der Waals surface area contributed by atoms with Crippen molar-refractivity contribution in [2.45, 2.75) is 32.4 Å². The predicted octanol–water partition coefficient (Wildman–Crippen LogP) is 0.747. The highest BCUT2D eigenvalue weighted by Gasteiger charge is 2.32. The lowest BCUT2D eigenvalue weighted by molar-refractivity contribution is -0.129. The van der Waals surface area contributed by atoms with Crippen LogP contribution in [0.3, 0.4) is 0 Å². The van der Waals surface area contributed by atoms with Gasteiger partial charge in [0.15, 0.2) is 0 Å². The van der Waals surface area contributed by atoms with Gasteiger partial charge in [0.2, 0.25) is 15.9 Å². The van der Waals surface area contributed by atoms with Gasteiger partial charge in [0.05, 0.1) is 12.3 Å². The van der Waals surface area contributed by atoms with E-state index < -0.39 is 15.8 Å². The third-order valence-corrected chi connectivity index (χ3v) is 7.42. The van der Waals surface area contributed by atoms with Gasteiger partial charge in [-0.1, -0.05) is 6.07 Å². The van der Waals surface area contributed by atoms with Crippen LogP contribution < -0.4 is 10.6 Å². The Bertz CT molecular complexity index is 794. The summed E-state index contributed by atoms with van der Waals surface area (Å²) in [7, 11) is -3.33. The molecule has 9 heteroatoms. The summed E-state index contributed by atoms with van der Waals surface area (Å²) >= 11 is 0. The third-order valence-electron chi connectivity index (χ3n) is 5.41. The number of piperazine rings is 1. The van der Waals surface area contributed by atoms with Crippen LogP contribution in [0.2, 0.25) is 0 Å². The van der Waals surface area contributed by atoms with E-state index in [1.54, 1.807) is 11.0 Å². The second-order valence-corrected chi connectivity index (χ2v) is 9.24. The van der Waals surface area contributed by atoms with Crippen LogP contribution in [0, 0.1) is 5.82 Å². The standard InChI is InChI=1S/C18H27FN4O3S/c1-14-3-2-10-27(25,26)23(14)13-15-4-5-16(11-17(15)19)21-6-8-22(9-7-21)18(24)12-20/h4-5,11,14H,2-3,6-10,12-13,20H2,1H3. The van der Waals surface area contributed by atoms with E-state index in [-0.39, 0.29) is 30.8 Å². The molecule has 2 aliphatic heterocycles. The van der Waals surface area contributed by atoms with Crippen LogP contribution >= 0.6 is 0 Å². The molecule has 7 nitrogen and oxygen atoms in total. The molecule has 2 heterocycles. The fourth-order valence-corrected chi connectivity index (χ4v) is 5.48. The SMILES string of the molecule is CC1CCCS(=O)(=O)N1Cc1ccc(N2CCN(C(=O)CN)CC2)cc1F. The van der Waals surface area contributed by atoms with Crippen molar-refractivity contribution in [1.82, 2.24) is 9.21 Å². The minimum absolute atomic E-state index is 0.00115. The molecule has 0 spiro atoms. The number of hydrogen-bond acceptors (Lipinski definition) is 5. The molecular formula is C18H27FN4O3S. The van der Waals surface area contributed by atoms with Gasteiger partial charge in [0.25, 0.3) is 0 Å². The van der Waals surface area contributed by atoms with Crippen molar-refractivity contribution in [1.29, 1.82) is 0 Å². The lowest BCUT2D eigenvalue weighted by Crippen LogP contribution is -2.50. The van der Waals surface area contributed by atoms with Crippen molar-refractivity contribution in [2.24, 2.45) is 5.73 Å². The number of amides is 1. The summed E-state index contributed by atoms with van der Waals surface area (Å²) in [5.74, 6) is -0.350. The minimum atomic E-state index is -3.33. The Balaban J connectivity index is 1.69. The van der Waals surface area contributed by atoms with Crippen LogP contribution in [-0.4, -0.2) is 68.0 Å². The first kappa shape index (κ1) is 20.0. The molecule has 1 atom stereocenters. The van der Waals surface area contributed by atoms with Crippen molar-refractivity contribution in [2.75, 3.05) is 43.4 Å². The highest BCUT2D eigenvalue weighted by molar-refractivity contribution is 7.89. The van der Waals surface area contributed by atoms with Gasteiger partial charge in [-0.15, -0.1) is 0 Å². The monoisotopic (exact) mass is 398 g/mol. The quantitative estimate of drug-likeness (QED) is 0.809. The molecular weight excluding hydrogens is 371 g/mol. The van der Waals surface area contributed by atoms with Gasteiger partial charge in [0.1, 0.15) is 5.82 Å². The molecule has 0 radical (unpaired) electrons. The minimum Gasteiger partial charge on any atom is -0.368 e. The number of sulfonamides is 1. The van der Waals surface area contributed by atoms with Crippen molar-refractivity contribution in [3.63, 3.8) is 0 Å². The summed E-state index contributed by atoms with van der Waals surface area (Å²) in [6, 6.07) is 4.83. The fraction of sp³-hybridized carbons (Fsp3) is 0.611. The molecule has 0 aromatic heterocycles. The molecule has 3 rings (SSSR count). The average Bonchev–Trinajstić information content (AvgIpc) is 2.65. The Morgan fingerprint density at radius 1 is 1.26 bits per heavy atom. The summed E-state index contributed by atoms with van der Waals surface area (Å²) in [5, 5.41) is 0. The zero-order valence-corrected chi connectivity index (χ0v) is 16.4. The molecule has 0 bridgehead atoms. The number of nitrogens with two attached hydrogens (primary N) is 1. The normalized spacial score (nSPS) is 23.4. The van der Waals surface area contributed by atoms with Gasteiger partial charge in [0, 0.05) is 50.0 Å². The second-order valence-electron chi connectivity index (χ2n) is 7.20. The lowest BCUT2D eigenvalue weighted by atomic mass is 10.1. The Kier molecular flexibility index (Phi) is 6.02. The molecule has 150 valence electrons. The smallest absolute Gasteiger partial charge is 0.236 e. The van der Waals surface area contributed by atoms with E-state index in [9.17, 15) is 17.6 Å². The zero-order chi connectivity index (χ0) is 19.6. The van der Waals surface area contributed by atoms with Gasteiger partial charge >= 0.3 is 0 Å². The van der Waals surface area contributed by atoms with Gasteiger partial charge in [-0.25, -0.2) is 12.8 Å². The number of nitrogens with zero attached hydrogens (tertiary/aromatic N) is 3. The van der Waals surface area contributed by atoms with E-state index in [2.05, 4.69) is 0 Å². The molecule has 1 aromatic rings. The van der Waals surface area contributed by atoms with E-state index in [4.69, 9.17) is 5.73 Å². The molecule has 1 amide bonds. The van der Waals surface area contributed by atoms with E-state index in [0.29, 0.717) is 38.2 Å². The van der Waals surface area contributed by atoms with Crippen LogP contribution in [0.15, 0.2) is 18.2 Å². The first-order chi connectivity index (χ1) is 12.8. The summed E-state index contributed by atoms with van der Waals surface area (Å²) in [4.78, 5) is 15.4. The number of carbonyl (C=O) groups excluding carboxylic acids is 1. The highest BCUT2D eigenvalue weighted by Crippen LogP contribution is 2.26. The number of benzene rings is 1. The fourth-order valence-electron chi connectivity index (χ4n) is 3.72. The van der Waals surface area contributed by atoms with Gasteiger partial charge < -0.3 is 15.5 Å². The van der Waals surface area contributed by atoms with E-state index in [1.165, 1.54) is 10.4 Å². The maximum atomic E-state index is 14.7. The Labute approximate surface area is 160 Å². The van der Waals surface area contributed by atoms with Gasteiger partial charge in [-0.2, -0.15) is 4.31 Å². The van der Waals surface area contributed by atoms with Crippen LogP contribution in [-0.2, 0) is 21.4 Å². The maximum Gasteiger partial charge on any atom is 0.236 e. The van der Waals surface area contributed by atoms with Crippen LogP contribution in [0.25, 0.3) is 0 Å². The number of rotatable bonds is 4. The highest BCUT2D eigenvalue weighted by atomic mass is 32.2. The molecule has 27 heavy (non-hydrogen) atoms. The van der Waals surface area contributed by atoms with Crippen molar-refractivity contribution in [3.05, 3.63) is 29.6 Å². The second kappa shape index (κ2) is 8.12. The topological polar surface area (TPSA) is 87.0 Å². The maximum absolute atomic E-state index is 14.7. The summed E-state index contributed by atoms with van der Waals surface area (Å²) in [5.41, 5.74) is 6.51. The molecule has 1 unspecified atom stereocenters. The number of carbonyl (C=O) groups is 1. The molecule has 0 aliphatic carbocycles. The molecule has 2 saturated heterocycles. The Morgan fingerprint density at radius 3 is 2.56 bits per heavy atom. The van der Waals surface area contributed by atoms with Gasteiger partial charge in [-0.3, -0.25) is 4.79 Å². The zero-order valence-electron chi connectivity index (χ0n) is 15.6. The molecule has 2 fully saturated rings. The summed E-state index contributed by atoms with van der Waals surface area (Å²) < 4.78 is 40.7. The molecule has 1 aromatic carbocycles. The van der Waals surface area contributed by atoms with Crippen LogP contribution in [0.5, 0.6) is 0 Å². The Morgan fingerprint density at radius 2 is 1.96 bits per heavy atom. The van der Waals surface area contributed by atoms with E-state index in [1.807, 2.05) is 17.9 Å². The van der Waals surface area contributed by atoms with Crippen LogP contribution in [0.1, 0.15) is 25.3 Å². The largest absolute Gasteiger partial charge is 0.368 e. The Hall–Kier alpha value is -1.71. The summed E-state index contributed by atoms with van der Waals surface area (Å²) in [6.45, 7) is 4.27. The van der Waals surface area contributed by atoms with Gasteiger partial charge in [-0.05, 0) is 31.9 Å². The lowest BCUT2D eigenvalue weighted by Gasteiger charge is -2.36. The van der Waals surface area contributed by atoms with Crippen molar-refractivity contribution < 1.29 is 17.6 Å². The number of halogens is 1. The van der Waals surface area contributed by atoms with Crippen LogP contribution in [0.4, 0.5) is 10.1 Å². The average molecular weight is 399 g/mol. The van der Waals surface area contributed by atoms with E-state index >= 15 is 0 Å².